The zero-order chi connectivity index (χ0) is 62.8. The molecule has 4 aliphatic rings. The Balaban J connectivity index is 0.592. The first kappa shape index (κ1) is 69.6. The lowest BCUT2D eigenvalue weighted by atomic mass is 10.0. The molecule has 22 nitrogen and oxygen atoms in total. The van der Waals surface area contributed by atoms with Crippen molar-refractivity contribution >= 4 is 78.5 Å². The van der Waals surface area contributed by atoms with Crippen LogP contribution in [0.3, 0.4) is 0 Å². The van der Waals surface area contributed by atoms with Crippen molar-refractivity contribution < 1.29 is 54.8 Å². The van der Waals surface area contributed by atoms with Crippen LogP contribution in [0.2, 0.25) is 20.1 Å². The number of urea groups is 2. The zero-order valence-corrected chi connectivity index (χ0v) is 54.6. The summed E-state index contributed by atoms with van der Waals surface area (Å²) in [7, 11) is -7.69. The topological polar surface area (TPSA) is 288 Å². The summed E-state index contributed by atoms with van der Waals surface area (Å²) in [5.41, 5.74) is 17.6. The molecule has 6 atom stereocenters. The van der Waals surface area contributed by atoms with Crippen LogP contribution in [-0.2, 0) is 51.8 Å². The van der Waals surface area contributed by atoms with Crippen molar-refractivity contribution in [1.29, 1.82) is 0 Å². The largest absolute Gasteiger partial charge is 0.484 e. The molecular formula is C60H84Cl4N10O12S2. The fraction of sp³-hybridized carbons (Fsp3) is 0.567. The lowest BCUT2D eigenvalue weighted by Gasteiger charge is -2.38. The minimum Gasteiger partial charge on any atom is -0.484 e. The maximum atomic E-state index is 13.3. The third-order valence-corrected chi connectivity index (χ3v) is 20.3. The van der Waals surface area contributed by atoms with Crippen molar-refractivity contribution in [2.45, 2.75) is 111 Å². The Hall–Kier alpha value is -4.32. The number of hydrogen-bond acceptors (Lipinski definition) is 16. The molecule has 28 heteroatoms. The molecule has 0 bridgehead atoms. The summed E-state index contributed by atoms with van der Waals surface area (Å²) in [6.45, 7) is 9.99. The summed E-state index contributed by atoms with van der Waals surface area (Å²) in [5.74, 6) is 1.07. The minimum atomic E-state index is -3.85. The molecule has 2 fully saturated rings. The molecule has 4 aromatic carbocycles. The average Bonchev–Trinajstić information content (AvgIpc) is 2.39. The van der Waals surface area contributed by atoms with E-state index in [0.29, 0.717) is 81.5 Å². The molecule has 0 spiro atoms. The van der Waals surface area contributed by atoms with Gasteiger partial charge in [0.15, 0.2) is 0 Å². The highest BCUT2D eigenvalue weighted by atomic mass is 35.5. The Labute approximate surface area is 537 Å². The van der Waals surface area contributed by atoms with E-state index in [4.69, 9.17) is 86.3 Å². The van der Waals surface area contributed by atoms with E-state index in [1.165, 1.54) is 0 Å². The molecule has 88 heavy (non-hydrogen) atoms. The molecule has 2 aliphatic carbocycles. The molecule has 0 unspecified atom stereocenters. The Morgan fingerprint density at radius 3 is 1.27 bits per heavy atom. The highest BCUT2D eigenvalue weighted by Gasteiger charge is 2.42. The number of unbranched alkanes of at least 4 members (excludes halogenated alkanes) is 1. The molecule has 2 heterocycles. The second kappa shape index (κ2) is 33.8. The van der Waals surface area contributed by atoms with Gasteiger partial charge in [0.1, 0.15) is 23.7 Å². The Kier molecular flexibility index (Phi) is 26.7. The predicted molar refractivity (Wildman–Crippen MR) is 340 cm³/mol. The number of carbonyl (C=O) groups excluding carboxylic acids is 2. The lowest BCUT2D eigenvalue weighted by molar-refractivity contribution is 0.0516. The van der Waals surface area contributed by atoms with Crippen LogP contribution in [0.5, 0.6) is 11.5 Å². The molecule has 486 valence electrons. The van der Waals surface area contributed by atoms with E-state index in [9.17, 15) is 26.4 Å². The summed E-state index contributed by atoms with van der Waals surface area (Å²) in [6.07, 6.45) is 5.89. The van der Waals surface area contributed by atoms with Crippen molar-refractivity contribution in [2.75, 3.05) is 118 Å². The van der Waals surface area contributed by atoms with E-state index in [1.807, 2.05) is 12.1 Å². The number of nitrogens with one attached hydrogen (secondary N) is 6. The molecule has 2 aliphatic heterocycles. The molecule has 0 radical (unpaired) electrons. The number of nitrogens with zero attached hydrogens (tertiary/aromatic N) is 2. The molecule has 0 saturated carbocycles. The van der Waals surface area contributed by atoms with E-state index >= 15 is 0 Å². The zero-order valence-electron chi connectivity index (χ0n) is 49.9. The molecule has 4 amide bonds. The number of carbonyl (C=O) groups is 2. The average molecular weight is 1340 g/mol. The monoisotopic (exact) mass is 1340 g/mol. The SMILES string of the molecule is Cc1cc(O[C@H]2c3cc(Cl)cc(Cl)c3C[C@@H]2N2CCC[C@@H](N)C2)ccc1S(=O)(=O)NCCOCCOCCNC(=O)NCCCCNC(=O)NCCOCCOCCNS(=O)(=O)c1ccc(O[C@H]2c3cc(Cl)cc(Cl)c3C[C@@H]2N2CCC[C@@H](N)C2)cc1C. The summed E-state index contributed by atoms with van der Waals surface area (Å²) in [4.78, 5) is 29.4. The number of amides is 4. The van der Waals surface area contributed by atoms with Gasteiger partial charge in [-0.2, -0.15) is 0 Å². The van der Waals surface area contributed by atoms with Crippen LogP contribution in [0.4, 0.5) is 9.59 Å². The number of sulfonamides is 2. The van der Waals surface area contributed by atoms with Gasteiger partial charge >= 0.3 is 12.1 Å². The number of benzene rings is 4. The number of nitrogens with two attached hydrogens (primary N) is 2. The number of rotatable bonds is 33. The Bertz CT molecular complexity index is 3010. The molecule has 0 aromatic heterocycles. The number of ether oxygens (including phenoxy) is 6. The van der Waals surface area contributed by atoms with E-state index in [0.717, 1.165) is 74.1 Å². The Morgan fingerprint density at radius 2 is 0.898 bits per heavy atom. The molecular weight excluding hydrogens is 1260 g/mol. The van der Waals surface area contributed by atoms with Crippen LogP contribution in [0.1, 0.15) is 84.1 Å². The second-order valence-electron chi connectivity index (χ2n) is 22.5. The quantitative estimate of drug-likeness (QED) is 0.0235. The number of likely N-dealkylation sites (tertiary alicyclic amines) is 2. The van der Waals surface area contributed by atoms with Crippen molar-refractivity contribution in [1.82, 2.24) is 40.5 Å². The van der Waals surface area contributed by atoms with Crippen LogP contribution in [-0.4, -0.2) is 181 Å². The van der Waals surface area contributed by atoms with Gasteiger partial charge in [-0.25, -0.2) is 35.9 Å². The van der Waals surface area contributed by atoms with Gasteiger partial charge in [0.05, 0.1) is 74.7 Å². The van der Waals surface area contributed by atoms with Gasteiger partial charge in [-0.15, -0.1) is 0 Å². The van der Waals surface area contributed by atoms with Gasteiger partial charge in [-0.05, 0) is 161 Å². The minimum absolute atomic E-state index is 0.0000940. The van der Waals surface area contributed by atoms with Crippen LogP contribution >= 0.6 is 46.4 Å². The van der Waals surface area contributed by atoms with E-state index in [1.54, 1.807) is 62.4 Å². The predicted octanol–water partition coefficient (Wildman–Crippen LogP) is 6.55. The summed E-state index contributed by atoms with van der Waals surface area (Å²) < 4.78 is 93.7. The number of halogens is 4. The highest BCUT2D eigenvalue weighted by molar-refractivity contribution is 7.89. The summed E-state index contributed by atoms with van der Waals surface area (Å²) in [5, 5.41) is 13.2. The molecule has 10 N–H and O–H groups in total. The van der Waals surface area contributed by atoms with E-state index in [2.05, 4.69) is 40.5 Å². The normalized spacial score (nSPS) is 20.5. The van der Waals surface area contributed by atoms with Crippen molar-refractivity contribution in [2.24, 2.45) is 11.5 Å². The maximum Gasteiger partial charge on any atom is 0.314 e. The lowest BCUT2D eigenvalue weighted by Crippen LogP contribution is -2.49. The molecule has 8 rings (SSSR count). The standard InChI is InChI=1S/C60H84Cl4N10O12S2/c1-39-29-45(85-57-49-31-41(61)33-51(63)47(49)35-53(57)73-19-5-7-43(65)37-73)9-11-55(39)87(77,78)71-17-23-83-27-25-81-21-15-69-59(75)67-13-3-4-14-68-60(76)70-16-22-82-26-28-84-24-18-72-88(79,80)56-12-10-46(30-40(56)2)86-58-50-32-42(62)34-52(64)48(50)36-54(58)74-20-6-8-44(66)38-74/h9-12,29-34,43-44,53-54,57-58,71-72H,3-8,13-28,35-38,65-66H2,1-2H3,(H2,67,69,75)(H2,68,70,76)/t43-,44-,53+,54+,57+,58+/m1/s1. The summed E-state index contributed by atoms with van der Waals surface area (Å²) >= 11 is 26.2. The van der Waals surface area contributed by atoms with Gasteiger partial charge in [0, 0.05) is 95.7 Å². The van der Waals surface area contributed by atoms with Gasteiger partial charge in [-0.3, -0.25) is 9.80 Å². The third-order valence-electron chi connectivity index (χ3n) is 15.9. The van der Waals surface area contributed by atoms with E-state index in [-0.39, 0.29) is 137 Å². The van der Waals surface area contributed by atoms with Crippen molar-refractivity contribution in [3.63, 3.8) is 0 Å². The first-order valence-corrected chi connectivity index (χ1v) is 34.6. The Morgan fingerprint density at radius 1 is 0.523 bits per heavy atom. The third kappa shape index (κ3) is 20.1. The molecule has 2 saturated heterocycles. The first-order valence-electron chi connectivity index (χ1n) is 30.1. The second-order valence-corrected chi connectivity index (χ2v) is 27.7. The van der Waals surface area contributed by atoms with Gasteiger partial charge < -0.3 is 61.2 Å². The first-order chi connectivity index (χ1) is 42.3. The van der Waals surface area contributed by atoms with Crippen LogP contribution < -0.4 is 51.7 Å². The van der Waals surface area contributed by atoms with Crippen LogP contribution in [0, 0.1) is 13.8 Å². The summed E-state index contributed by atoms with van der Waals surface area (Å²) in [6, 6.07) is 16.6. The van der Waals surface area contributed by atoms with Gasteiger partial charge in [0.2, 0.25) is 20.0 Å². The number of aryl methyl sites for hydroxylation is 2. The fourth-order valence-electron chi connectivity index (χ4n) is 11.7. The van der Waals surface area contributed by atoms with Crippen molar-refractivity contribution in [3.8, 4) is 11.5 Å². The van der Waals surface area contributed by atoms with Crippen LogP contribution in [0.15, 0.2) is 70.5 Å². The number of fused-ring (bicyclic) bond motifs is 2. The molecule has 4 aromatic rings. The van der Waals surface area contributed by atoms with Gasteiger partial charge in [0.25, 0.3) is 0 Å². The smallest absolute Gasteiger partial charge is 0.314 e. The van der Waals surface area contributed by atoms with Crippen molar-refractivity contribution in [3.05, 3.63) is 114 Å². The van der Waals surface area contributed by atoms with E-state index < -0.39 is 20.0 Å². The number of piperidine rings is 2. The fourth-order valence-corrected chi connectivity index (χ4v) is 15.3. The maximum absolute atomic E-state index is 13.3. The van der Waals surface area contributed by atoms with Gasteiger partial charge in [-0.1, -0.05) is 46.4 Å². The van der Waals surface area contributed by atoms with Crippen LogP contribution in [0.25, 0.3) is 0 Å². The highest BCUT2D eigenvalue weighted by Crippen LogP contribution is 2.45. The number of hydrogen-bond donors (Lipinski definition) is 8.